The molecule has 0 aromatic carbocycles. The molecule has 0 spiro atoms. The molecule has 2 aliphatic rings. The Labute approximate surface area is 239 Å². The number of hydrogen-bond acceptors (Lipinski definition) is 10. The van der Waals surface area contributed by atoms with E-state index in [2.05, 4.69) is 27.0 Å². The third-order valence-electron chi connectivity index (χ3n) is 7.56. The van der Waals surface area contributed by atoms with Gasteiger partial charge >= 0.3 is 11.9 Å². The van der Waals surface area contributed by atoms with E-state index in [4.69, 9.17) is 18.9 Å². The number of rotatable bonds is 17. The Kier molecular flexibility index (Phi) is 14.3. The fourth-order valence-electron chi connectivity index (χ4n) is 4.93. The van der Waals surface area contributed by atoms with Gasteiger partial charge in [0, 0.05) is 11.1 Å². The zero-order chi connectivity index (χ0) is 29.8. The number of carbonyl (C=O) groups is 2. The Balaban J connectivity index is 1.49. The zero-order valence-corrected chi connectivity index (χ0v) is 25.6. The number of esters is 2. The Bertz CT molecular complexity index is 978. The van der Waals surface area contributed by atoms with Crippen LogP contribution in [0.4, 0.5) is 0 Å². The molecular formula is C28H46O10S2. The lowest BCUT2D eigenvalue weighted by molar-refractivity contribution is -0.142. The molecule has 2 rings (SSSR count). The normalized spacial score (nSPS) is 23.8. The van der Waals surface area contributed by atoms with Crippen LogP contribution in [0.1, 0.15) is 65.2 Å². The molecule has 0 radical (unpaired) electrons. The summed E-state index contributed by atoms with van der Waals surface area (Å²) < 4.78 is 71.0. The molecule has 0 saturated heterocycles. The largest absolute Gasteiger partial charge is 0.460 e. The minimum atomic E-state index is -3.44. The molecule has 12 heteroatoms. The number of ether oxygens (including phenoxy) is 4. The summed E-state index contributed by atoms with van der Waals surface area (Å²) in [5, 5.41) is -0.851. The maximum Gasteiger partial charge on any atom is 0.334 e. The molecule has 0 N–H and O–H groups in total. The van der Waals surface area contributed by atoms with Gasteiger partial charge in [0.1, 0.15) is 13.2 Å². The summed E-state index contributed by atoms with van der Waals surface area (Å²) in [5.41, 5.74) is -0.166. The summed E-state index contributed by atoms with van der Waals surface area (Å²) in [6, 6.07) is 0. The summed E-state index contributed by atoms with van der Waals surface area (Å²) in [4.78, 5) is 24.2. The molecule has 0 heterocycles. The third kappa shape index (κ3) is 12.0. The van der Waals surface area contributed by atoms with E-state index in [1.165, 1.54) is 0 Å². The Hall–Kier alpha value is -1.76. The highest BCUT2D eigenvalue weighted by molar-refractivity contribution is 7.92. The number of carbonyl (C=O) groups excluding carboxylic acids is 2. The van der Waals surface area contributed by atoms with E-state index in [1.54, 1.807) is 0 Å². The lowest BCUT2D eigenvalue weighted by atomic mass is 9.91. The molecule has 0 bridgehead atoms. The standard InChI is InChI=1S/C28H46O10S2/c1-21-5-9-25(10-6-21)39(31,32)19-23(3)27(29)37-17-15-35-13-14-36-16-18-38-28(30)24(4)20-40(33,34)26-11-7-22(2)8-12-26/h21-22,25-26H,3-20H2,1-2H3. The van der Waals surface area contributed by atoms with Crippen LogP contribution < -0.4 is 0 Å². The van der Waals surface area contributed by atoms with Crippen molar-refractivity contribution >= 4 is 31.6 Å². The molecule has 0 aliphatic heterocycles. The molecular weight excluding hydrogens is 560 g/mol. The van der Waals surface area contributed by atoms with E-state index >= 15 is 0 Å². The van der Waals surface area contributed by atoms with E-state index in [9.17, 15) is 26.4 Å². The van der Waals surface area contributed by atoms with Gasteiger partial charge in [0.15, 0.2) is 19.7 Å². The van der Waals surface area contributed by atoms with Gasteiger partial charge < -0.3 is 18.9 Å². The maximum absolute atomic E-state index is 12.6. The summed E-state index contributed by atoms with van der Waals surface area (Å²) in [7, 11) is -6.88. The topological polar surface area (TPSA) is 139 Å². The van der Waals surface area contributed by atoms with Gasteiger partial charge in [-0.25, -0.2) is 26.4 Å². The van der Waals surface area contributed by atoms with Crippen molar-refractivity contribution in [2.24, 2.45) is 11.8 Å². The van der Waals surface area contributed by atoms with Crippen molar-refractivity contribution in [2.45, 2.75) is 75.7 Å². The Morgan fingerprint density at radius 3 is 1.20 bits per heavy atom. The first-order chi connectivity index (χ1) is 18.8. The van der Waals surface area contributed by atoms with Crippen LogP contribution in [0.3, 0.4) is 0 Å². The van der Waals surface area contributed by atoms with E-state index in [1.807, 2.05) is 0 Å². The summed E-state index contributed by atoms with van der Waals surface area (Å²) in [6.45, 7) is 11.9. The van der Waals surface area contributed by atoms with Crippen molar-refractivity contribution in [2.75, 3.05) is 51.1 Å². The first-order valence-corrected chi connectivity index (χ1v) is 17.5. The molecule has 0 aromatic heterocycles. The van der Waals surface area contributed by atoms with E-state index in [-0.39, 0.29) is 50.8 Å². The monoisotopic (exact) mass is 606 g/mol. The summed E-state index contributed by atoms with van der Waals surface area (Å²) >= 11 is 0. The minimum Gasteiger partial charge on any atom is -0.460 e. The molecule has 230 valence electrons. The van der Waals surface area contributed by atoms with Crippen LogP contribution in [0, 0.1) is 11.8 Å². The van der Waals surface area contributed by atoms with Gasteiger partial charge in [-0.2, -0.15) is 0 Å². The van der Waals surface area contributed by atoms with Gasteiger partial charge in [-0.15, -0.1) is 0 Å². The highest BCUT2D eigenvalue weighted by Crippen LogP contribution is 2.30. The highest BCUT2D eigenvalue weighted by Gasteiger charge is 2.32. The predicted octanol–water partition coefficient (Wildman–Crippen LogP) is 3.21. The quantitative estimate of drug-likeness (QED) is 0.138. The second-order valence-electron chi connectivity index (χ2n) is 11.1. The van der Waals surface area contributed by atoms with Crippen molar-refractivity contribution in [1.82, 2.24) is 0 Å². The van der Waals surface area contributed by atoms with Crippen molar-refractivity contribution in [3.63, 3.8) is 0 Å². The van der Waals surface area contributed by atoms with Gasteiger partial charge in [0.05, 0.1) is 48.4 Å². The smallest absolute Gasteiger partial charge is 0.334 e. The van der Waals surface area contributed by atoms with Crippen molar-refractivity contribution in [3.05, 3.63) is 24.3 Å². The molecule has 0 atom stereocenters. The lowest BCUT2D eigenvalue weighted by Gasteiger charge is -2.26. The Morgan fingerprint density at radius 1 is 0.575 bits per heavy atom. The number of hydrogen-bond donors (Lipinski definition) is 0. The molecule has 2 fully saturated rings. The van der Waals surface area contributed by atoms with E-state index in [0.717, 1.165) is 25.7 Å². The maximum atomic E-state index is 12.6. The van der Waals surface area contributed by atoms with Crippen LogP contribution in [0.2, 0.25) is 0 Å². The van der Waals surface area contributed by atoms with Crippen LogP contribution in [-0.2, 0) is 48.2 Å². The molecule has 0 amide bonds. The van der Waals surface area contributed by atoms with Gasteiger partial charge in [-0.3, -0.25) is 0 Å². The van der Waals surface area contributed by atoms with Crippen molar-refractivity contribution < 1.29 is 45.4 Å². The zero-order valence-electron chi connectivity index (χ0n) is 23.9. The highest BCUT2D eigenvalue weighted by atomic mass is 32.2. The lowest BCUT2D eigenvalue weighted by Crippen LogP contribution is -2.30. The predicted molar refractivity (Wildman–Crippen MR) is 152 cm³/mol. The average Bonchev–Trinajstić information content (AvgIpc) is 2.89. The fourth-order valence-corrected chi connectivity index (χ4v) is 8.59. The molecule has 0 unspecified atom stereocenters. The van der Waals surface area contributed by atoms with Crippen LogP contribution in [0.25, 0.3) is 0 Å². The van der Waals surface area contributed by atoms with Crippen LogP contribution in [-0.4, -0.2) is 90.4 Å². The van der Waals surface area contributed by atoms with E-state index in [0.29, 0.717) is 37.5 Å². The first kappa shape index (κ1) is 34.4. The third-order valence-corrected chi connectivity index (χ3v) is 12.0. The second-order valence-corrected chi connectivity index (χ2v) is 15.6. The van der Waals surface area contributed by atoms with Gasteiger partial charge in [0.2, 0.25) is 0 Å². The molecule has 2 aliphatic carbocycles. The second kappa shape index (κ2) is 16.6. The van der Waals surface area contributed by atoms with E-state index < -0.39 is 53.6 Å². The van der Waals surface area contributed by atoms with Gasteiger partial charge in [0.25, 0.3) is 0 Å². The fraction of sp³-hybridized carbons (Fsp3) is 0.786. The summed E-state index contributed by atoms with van der Waals surface area (Å²) in [5.74, 6) is -1.24. The SMILES string of the molecule is C=C(CS(=O)(=O)C1CCC(C)CC1)C(=O)OCCOCCOCCOC(=O)C(=C)CS(=O)(=O)C1CCC(C)CC1. The van der Waals surface area contributed by atoms with Gasteiger partial charge in [-0.05, 0) is 63.2 Å². The van der Waals surface area contributed by atoms with Crippen molar-refractivity contribution in [3.8, 4) is 0 Å². The molecule has 0 aromatic rings. The summed E-state index contributed by atoms with van der Waals surface area (Å²) in [6.07, 6.45) is 5.94. The van der Waals surface area contributed by atoms with Crippen LogP contribution >= 0.6 is 0 Å². The Morgan fingerprint density at radius 2 is 0.875 bits per heavy atom. The average molecular weight is 607 g/mol. The minimum absolute atomic E-state index is 0.0542. The van der Waals surface area contributed by atoms with Gasteiger partial charge in [-0.1, -0.05) is 27.0 Å². The van der Waals surface area contributed by atoms with Crippen molar-refractivity contribution in [1.29, 1.82) is 0 Å². The molecule has 10 nitrogen and oxygen atoms in total. The van der Waals surface area contributed by atoms with Crippen LogP contribution in [0.5, 0.6) is 0 Å². The first-order valence-electron chi connectivity index (χ1n) is 14.1. The molecule has 40 heavy (non-hydrogen) atoms. The number of sulfone groups is 2. The van der Waals surface area contributed by atoms with Crippen LogP contribution in [0.15, 0.2) is 24.3 Å². The molecule has 2 saturated carbocycles.